The van der Waals surface area contributed by atoms with Gasteiger partial charge in [0.1, 0.15) is 0 Å². The molecule has 1 saturated heterocycles. The molecule has 1 rings (SSSR count). The Balaban J connectivity index is 2.55. The van der Waals surface area contributed by atoms with Crippen LogP contribution in [0, 0.1) is 11.8 Å². The maximum Gasteiger partial charge on any atom is 0.0605 e. The Kier molecular flexibility index (Phi) is 2.94. The van der Waals surface area contributed by atoms with Gasteiger partial charge in [0.2, 0.25) is 0 Å². The molecule has 0 aromatic carbocycles. The van der Waals surface area contributed by atoms with Crippen LogP contribution in [0.25, 0.3) is 0 Å². The highest BCUT2D eigenvalue weighted by Crippen LogP contribution is 2.35. The van der Waals surface area contributed by atoms with Gasteiger partial charge in [0, 0.05) is 0 Å². The Labute approximate surface area is 70.1 Å². The molecule has 66 valence electrons. The molecule has 4 unspecified atom stereocenters. The minimum atomic E-state index is 0.486. The first-order valence-corrected chi connectivity index (χ1v) is 4.86. The van der Waals surface area contributed by atoms with Crippen LogP contribution in [0.2, 0.25) is 0 Å². The van der Waals surface area contributed by atoms with Crippen LogP contribution < -0.4 is 0 Å². The zero-order chi connectivity index (χ0) is 8.43. The second kappa shape index (κ2) is 3.57. The van der Waals surface area contributed by atoms with Crippen LogP contribution in [0.15, 0.2) is 0 Å². The highest BCUT2D eigenvalue weighted by atomic mass is 16.5. The van der Waals surface area contributed by atoms with Gasteiger partial charge in [0.15, 0.2) is 0 Å². The van der Waals surface area contributed by atoms with Gasteiger partial charge >= 0.3 is 0 Å². The molecule has 0 aromatic rings. The summed E-state index contributed by atoms with van der Waals surface area (Å²) in [5, 5.41) is 0. The van der Waals surface area contributed by atoms with E-state index in [0.717, 1.165) is 11.8 Å². The average molecular weight is 156 g/mol. The van der Waals surface area contributed by atoms with Crippen LogP contribution in [0.3, 0.4) is 0 Å². The van der Waals surface area contributed by atoms with Crippen molar-refractivity contribution < 1.29 is 4.74 Å². The van der Waals surface area contributed by atoms with Crippen LogP contribution in [-0.4, -0.2) is 12.2 Å². The Morgan fingerprint density at radius 3 is 2.00 bits per heavy atom. The quantitative estimate of drug-likeness (QED) is 0.597. The Bertz CT molecular complexity index is 122. The first kappa shape index (κ1) is 9.05. The van der Waals surface area contributed by atoms with Crippen LogP contribution in [-0.2, 0) is 4.74 Å². The molecule has 0 amide bonds. The monoisotopic (exact) mass is 156 g/mol. The SMILES string of the molecule is CCC1OC(C)C(CC)C1C. The van der Waals surface area contributed by atoms with Gasteiger partial charge in [-0.25, -0.2) is 0 Å². The van der Waals surface area contributed by atoms with Crippen molar-refractivity contribution in [2.75, 3.05) is 0 Å². The fraction of sp³-hybridized carbons (Fsp3) is 1.00. The number of hydrogen-bond donors (Lipinski definition) is 0. The maximum absolute atomic E-state index is 5.83. The molecule has 1 heterocycles. The first-order valence-electron chi connectivity index (χ1n) is 4.86. The fourth-order valence-electron chi connectivity index (χ4n) is 2.38. The highest BCUT2D eigenvalue weighted by Gasteiger charge is 2.36. The average Bonchev–Trinajstić information content (AvgIpc) is 2.26. The van der Waals surface area contributed by atoms with Gasteiger partial charge in [-0.2, -0.15) is 0 Å². The molecule has 1 aliphatic rings. The lowest BCUT2D eigenvalue weighted by atomic mass is 9.86. The summed E-state index contributed by atoms with van der Waals surface area (Å²) in [4.78, 5) is 0. The summed E-state index contributed by atoms with van der Waals surface area (Å²) in [6.45, 7) is 9.01. The van der Waals surface area contributed by atoms with Gasteiger partial charge in [0.05, 0.1) is 12.2 Å². The third-order valence-corrected chi connectivity index (χ3v) is 3.13. The van der Waals surface area contributed by atoms with Gasteiger partial charge in [0.25, 0.3) is 0 Å². The van der Waals surface area contributed by atoms with Gasteiger partial charge in [-0.15, -0.1) is 0 Å². The van der Waals surface area contributed by atoms with E-state index in [1.807, 2.05) is 0 Å². The molecule has 0 aliphatic carbocycles. The second-order valence-electron chi connectivity index (χ2n) is 3.72. The Morgan fingerprint density at radius 1 is 1.09 bits per heavy atom. The third-order valence-electron chi connectivity index (χ3n) is 3.13. The Hall–Kier alpha value is -0.0400. The topological polar surface area (TPSA) is 9.23 Å². The van der Waals surface area contributed by atoms with Crippen molar-refractivity contribution in [2.45, 2.75) is 52.7 Å². The normalized spacial score (nSPS) is 44.7. The number of rotatable bonds is 2. The van der Waals surface area contributed by atoms with Crippen molar-refractivity contribution in [3.63, 3.8) is 0 Å². The molecule has 11 heavy (non-hydrogen) atoms. The molecule has 0 bridgehead atoms. The highest BCUT2D eigenvalue weighted by molar-refractivity contribution is 4.84. The van der Waals surface area contributed by atoms with E-state index in [0.29, 0.717) is 12.2 Å². The summed E-state index contributed by atoms with van der Waals surface area (Å²) in [6.07, 6.45) is 3.44. The molecular formula is C10H20O. The smallest absolute Gasteiger partial charge is 0.0605 e. The van der Waals surface area contributed by atoms with Crippen molar-refractivity contribution in [1.82, 2.24) is 0 Å². The van der Waals surface area contributed by atoms with Gasteiger partial charge < -0.3 is 4.74 Å². The lowest BCUT2D eigenvalue weighted by Gasteiger charge is -2.16. The molecule has 0 spiro atoms. The first-order chi connectivity index (χ1) is 5.20. The van der Waals surface area contributed by atoms with E-state index < -0.39 is 0 Å². The summed E-state index contributed by atoms with van der Waals surface area (Å²) in [7, 11) is 0. The number of hydrogen-bond acceptors (Lipinski definition) is 1. The summed E-state index contributed by atoms with van der Waals surface area (Å²) in [5.41, 5.74) is 0. The minimum Gasteiger partial charge on any atom is -0.375 e. The van der Waals surface area contributed by atoms with Crippen molar-refractivity contribution in [3.8, 4) is 0 Å². The van der Waals surface area contributed by atoms with E-state index in [2.05, 4.69) is 27.7 Å². The van der Waals surface area contributed by atoms with Crippen LogP contribution >= 0.6 is 0 Å². The number of ether oxygens (including phenoxy) is 1. The van der Waals surface area contributed by atoms with Crippen LogP contribution in [0.1, 0.15) is 40.5 Å². The molecule has 1 aliphatic heterocycles. The van der Waals surface area contributed by atoms with Gasteiger partial charge in [-0.3, -0.25) is 0 Å². The molecule has 1 fully saturated rings. The standard InChI is InChI=1S/C10H20O/c1-5-9-7(3)10(6-2)11-8(9)4/h7-10H,5-6H2,1-4H3. The predicted octanol–water partition coefficient (Wildman–Crippen LogP) is 2.85. The third kappa shape index (κ3) is 1.58. The molecule has 0 saturated carbocycles. The van der Waals surface area contributed by atoms with E-state index in [4.69, 9.17) is 4.74 Å². The maximum atomic E-state index is 5.83. The zero-order valence-corrected chi connectivity index (χ0v) is 8.13. The summed E-state index contributed by atoms with van der Waals surface area (Å²) in [6, 6.07) is 0. The second-order valence-corrected chi connectivity index (χ2v) is 3.72. The van der Waals surface area contributed by atoms with Crippen LogP contribution in [0.5, 0.6) is 0 Å². The summed E-state index contributed by atoms with van der Waals surface area (Å²) >= 11 is 0. The van der Waals surface area contributed by atoms with Crippen molar-refractivity contribution >= 4 is 0 Å². The van der Waals surface area contributed by atoms with Crippen LogP contribution in [0.4, 0.5) is 0 Å². The zero-order valence-electron chi connectivity index (χ0n) is 8.13. The summed E-state index contributed by atoms with van der Waals surface area (Å²) < 4.78 is 5.83. The molecule has 4 atom stereocenters. The van der Waals surface area contributed by atoms with E-state index in [1.165, 1.54) is 12.8 Å². The molecule has 0 radical (unpaired) electrons. The summed E-state index contributed by atoms with van der Waals surface area (Å²) in [5.74, 6) is 1.56. The van der Waals surface area contributed by atoms with Gasteiger partial charge in [-0.05, 0) is 25.2 Å². The Morgan fingerprint density at radius 2 is 1.73 bits per heavy atom. The lowest BCUT2D eigenvalue weighted by molar-refractivity contribution is 0.0381. The predicted molar refractivity (Wildman–Crippen MR) is 47.6 cm³/mol. The fourth-order valence-corrected chi connectivity index (χ4v) is 2.38. The minimum absolute atomic E-state index is 0.486. The van der Waals surface area contributed by atoms with E-state index in [-0.39, 0.29) is 0 Å². The van der Waals surface area contributed by atoms with E-state index >= 15 is 0 Å². The van der Waals surface area contributed by atoms with Crippen molar-refractivity contribution in [1.29, 1.82) is 0 Å². The van der Waals surface area contributed by atoms with E-state index in [1.54, 1.807) is 0 Å². The lowest BCUT2D eigenvalue weighted by Crippen LogP contribution is -2.16. The molecule has 0 N–H and O–H groups in total. The molecular weight excluding hydrogens is 136 g/mol. The largest absolute Gasteiger partial charge is 0.375 e. The molecule has 1 nitrogen and oxygen atoms in total. The van der Waals surface area contributed by atoms with E-state index in [9.17, 15) is 0 Å². The molecule has 1 heteroatoms. The molecule has 0 aromatic heterocycles. The van der Waals surface area contributed by atoms with Crippen molar-refractivity contribution in [3.05, 3.63) is 0 Å². The van der Waals surface area contributed by atoms with Gasteiger partial charge in [-0.1, -0.05) is 27.2 Å². The van der Waals surface area contributed by atoms with Crippen molar-refractivity contribution in [2.24, 2.45) is 11.8 Å².